The van der Waals surface area contributed by atoms with Crippen molar-refractivity contribution in [2.24, 2.45) is 10.7 Å². The van der Waals surface area contributed by atoms with Crippen molar-refractivity contribution in [1.29, 1.82) is 0 Å². The van der Waals surface area contributed by atoms with Gasteiger partial charge in [0.25, 0.3) is 0 Å². The van der Waals surface area contributed by atoms with Gasteiger partial charge in [0, 0.05) is 26.2 Å². The lowest BCUT2D eigenvalue weighted by Gasteiger charge is -2.27. The molecule has 0 atom stereocenters. The summed E-state index contributed by atoms with van der Waals surface area (Å²) >= 11 is 0. The Morgan fingerprint density at radius 2 is 1.95 bits per heavy atom. The molecule has 0 amide bonds. The fourth-order valence-corrected chi connectivity index (χ4v) is 2.19. The van der Waals surface area contributed by atoms with Crippen LogP contribution in [0, 0.1) is 0 Å². The van der Waals surface area contributed by atoms with E-state index in [4.69, 9.17) is 15.2 Å². The van der Waals surface area contributed by atoms with E-state index in [9.17, 15) is 0 Å². The average molecular weight is 291 g/mol. The Hall–Kier alpha value is -1.59. The first-order valence-corrected chi connectivity index (χ1v) is 7.60. The number of guanidine groups is 1. The first-order chi connectivity index (χ1) is 10.4. The summed E-state index contributed by atoms with van der Waals surface area (Å²) in [4.78, 5) is 6.46. The molecule has 1 aliphatic heterocycles. The van der Waals surface area contributed by atoms with E-state index in [2.05, 4.69) is 34.2 Å². The van der Waals surface area contributed by atoms with Gasteiger partial charge >= 0.3 is 0 Å². The van der Waals surface area contributed by atoms with Gasteiger partial charge in [0.2, 0.25) is 0 Å². The highest BCUT2D eigenvalue weighted by atomic mass is 16.5. The first-order valence-electron chi connectivity index (χ1n) is 7.60. The lowest BCUT2D eigenvalue weighted by Crippen LogP contribution is -2.44. The molecule has 0 aromatic heterocycles. The van der Waals surface area contributed by atoms with E-state index in [0.29, 0.717) is 12.5 Å². The Morgan fingerprint density at radius 3 is 2.71 bits per heavy atom. The van der Waals surface area contributed by atoms with Gasteiger partial charge in [-0.3, -0.25) is 4.99 Å². The van der Waals surface area contributed by atoms with Crippen molar-refractivity contribution in [3.63, 3.8) is 0 Å². The summed E-state index contributed by atoms with van der Waals surface area (Å²) in [5, 5.41) is 0. The number of benzene rings is 1. The maximum absolute atomic E-state index is 5.94. The van der Waals surface area contributed by atoms with Crippen molar-refractivity contribution in [3.8, 4) is 0 Å². The minimum absolute atomic E-state index is 0.627. The van der Waals surface area contributed by atoms with Crippen LogP contribution in [0.15, 0.2) is 35.3 Å². The van der Waals surface area contributed by atoms with Crippen LogP contribution in [0.1, 0.15) is 12.0 Å². The summed E-state index contributed by atoms with van der Waals surface area (Å²) in [6, 6.07) is 10.4. The van der Waals surface area contributed by atoms with Crippen LogP contribution in [0.2, 0.25) is 0 Å². The zero-order chi connectivity index (χ0) is 14.8. The van der Waals surface area contributed by atoms with Crippen molar-refractivity contribution < 1.29 is 9.47 Å². The second kappa shape index (κ2) is 9.37. The van der Waals surface area contributed by atoms with Crippen molar-refractivity contribution in [2.75, 3.05) is 46.1 Å². The molecule has 116 valence electrons. The van der Waals surface area contributed by atoms with Crippen LogP contribution in [-0.2, 0) is 15.9 Å². The number of rotatable bonds is 7. The second-order valence-electron chi connectivity index (χ2n) is 5.04. The SMILES string of the molecule is NC(=NCCCOCCc1ccccc1)N1CCOCC1. The average Bonchev–Trinajstić information content (AvgIpc) is 2.55. The highest BCUT2D eigenvalue weighted by Gasteiger charge is 2.11. The quantitative estimate of drug-likeness (QED) is 0.467. The largest absolute Gasteiger partial charge is 0.381 e. The molecule has 0 aliphatic carbocycles. The summed E-state index contributed by atoms with van der Waals surface area (Å²) < 4.78 is 10.9. The van der Waals surface area contributed by atoms with E-state index in [1.54, 1.807) is 0 Å². The molecule has 2 rings (SSSR count). The molecule has 5 heteroatoms. The molecule has 1 aliphatic rings. The van der Waals surface area contributed by atoms with Gasteiger partial charge in [-0.05, 0) is 18.4 Å². The van der Waals surface area contributed by atoms with Crippen LogP contribution in [-0.4, -0.2) is 56.9 Å². The van der Waals surface area contributed by atoms with Gasteiger partial charge in [-0.15, -0.1) is 0 Å². The lowest BCUT2D eigenvalue weighted by atomic mass is 10.2. The van der Waals surface area contributed by atoms with Crippen molar-refractivity contribution in [3.05, 3.63) is 35.9 Å². The standard InChI is InChI=1S/C16H25N3O2/c17-16(19-9-13-21-14-10-19)18-8-4-11-20-12-7-15-5-2-1-3-6-15/h1-3,5-6H,4,7-14H2,(H2,17,18). The minimum Gasteiger partial charge on any atom is -0.381 e. The molecule has 1 aromatic carbocycles. The third-order valence-electron chi connectivity index (χ3n) is 3.43. The molecule has 1 saturated heterocycles. The van der Waals surface area contributed by atoms with Crippen LogP contribution in [0.3, 0.4) is 0 Å². The van der Waals surface area contributed by atoms with E-state index in [0.717, 1.165) is 52.4 Å². The van der Waals surface area contributed by atoms with E-state index in [-0.39, 0.29) is 0 Å². The van der Waals surface area contributed by atoms with Gasteiger partial charge in [-0.1, -0.05) is 30.3 Å². The van der Waals surface area contributed by atoms with Gasteiger partial charge in [-0.25, -0.2) is 0 Å². The summed E-state index contributed by atoms with van der Waals surface area (Å²) in [6.07, 6.45) is 1.86. The fraction of sp³-hybridized carbons (Fsp3) is 0.562. The Labute approximate surface area is 126 Å². The zero-order valence-electron chi connectivity index (χ0n) is 12.5. The normalized spacial score (nSPS) is 16.2. The number of morpholine rings is 1. The molecule has 21 heavy (non-hydrogen) atoms. The molecule has 0 radical (unpaired) electrons. The van der Waals surface area contributed by atoms with Gasteiger partial charge < -0.3 is 20.1 Å². The van der Waals surface area contributed by atoms with Gasteiger partial charge in [-0.2, -0.15) is 0 Å². The molecule has 0 spiro atoms. The Bertz CT molecular complexity index is 417. The van der Waals surface area contributed by atoms with E-state index in [1.165, 1.54) is 5.56 Å². The number of hydrogen-bond donors (Lipinski definition) is 1. The zero-order valence-corrected chi connectivity index (χ0v) is 12.5. The second-order valence-corrected chi connectivity index (χ2v) is 5.04. The van der Waals surface area contributed by atoms with Crippen LogP contribution >= 0.6 is 0 Å². The topological polar surface area (TPSA) is 60.1 Å². The number of aliphatic imine (C=N–C) groups is 1. The number of hydrogen-bond acceptors (Lipinski definition) is 3. The predicted octanol–water partition coefficient (Wildman–Crippen LogP) is 1.28. The van der Waals surface area contributed by atoms with E-state index >= 15 is 0 Å². The Balaban J connectivity index is 1.51. The number of nitrogens with zero attached hydrogens (tertiary/aromatic N) is 2. The van der Waals surface area contributed by atoms with E-state index in [1.807, 2.05) is 6.07 Å². The molecule has 1 heterocycles. The molecule has 0 bridgehead atoms. The van der Waals surface area contributed by atoms with E-state index < -0.39 is 0 Å². The molecule has 5 nitrogen and oxygen atoms in total. The van der Waals surface area contributed by atoms with Crippen LogP contribution < -0.4 is 5.73 Å². The summed E-state index contributed by atoms with van der Waals surface area (Å²) in [6.45, 7) is 5.34. The molecule has 0 saturated carbocycles. The molecule has 0 unspecified atom stereocenters. The Morgan fingerprint density at radius 1 is 1.19 bits per heavy atom. The first kappa shape index (κ1) is 15.8. The van der Waals surface area contributed by atoms with Crippen molar-refractivity contribution in [1.82, 2.24) is 4.90 Å². The third-order valence-corrected chi connectivity index (χ3v) is 3.43. The van der Waals surface area contributed by atoms with Crippen LogP contribution in [0.5, 0.6) is 0 Å². The summed E-state index contributed by atoms with van der Waals surface area (Å²) in [5.41, 5.74) is 7.26. The maximum Gasteiger partial charge on any atom is 0.191 e. The third kappa shape index (κ3) is 6.14. The maximum atomic E-state index is 5.94. The number of nitrogens with two attached hydrogens (primary N) is 1. The molecular formula is C16H25N3O2. The smallest absolute Gasteiger partial charge is 0.191 e. The van der Waals surface area contributed by atoms with Crippen molar-refractivity contribution in [2.45, 2.75) is 12.8 Å². The lowest BCUT2D eigenvalue weighted by molar-refractivity contribution is 0.0674. The highest BCUT2D eigenvalue weighted by molar-refractivity contribution is 5.78. The molecule has 1 fully saturated rings. The van der Waals surface area contributed by atoms with Crippen LogP contribution in [0.25, 0.3) is 0 Å². The Kier molecular flexibility index (Phi) is 7.04. The summed E-state index contributed by atoms with van der Waals surface area (Å²) in [5.74, 6) is 0.627. The van der Waals surface area contributed by atoms with Gasteiger partial charge in [0.15, 0.2) is 5.96 Å². The minimum atomic E-state index is 0.627. The monoisotopic (exact) mass is 291 g/mol. The molecular weight excluding hydrogens is 266 g/mol. The molecule has 1 aromatic rings. The summed E-state index contributed by atoms with van der Waals surface area (Å²) in [7, 11) is 0. The van der Waals surface area contributed by atoms with Crippen LogP contribution in [0.4, 0.5) is 0 Å². The molecule has 2 N–H and O–H groups in total. The highest BCUT2D eigenvalue weighted by Crippen LogP contribution is 2.00. The van der Waals surface area contributed by atoms with Gasteiger partial charge in [0.05, 0.1) is 19.8 Å². The fourth-order valence-electron chi connectivity index (χ4n) is 2.19. The van der Waals surface area contributed by atoms with Crippen molar-refractivity contribution >= 4 is 5.96 Å². The predicted molar refractivity (Wildman–Crippen MR) is 84.5 cm³/mol. The van der Waals surface area contributed by atoms with Gasteiger partial charge in [0.1, 0.15) is 0 Å². The number of ether oxygens (including phenoxy) is 2.